The number of nitrogens with two attached hydrogens (primary N) is 1. The molecule has 2 rings (SSSR count). The lowest BCUT2D eigenvalue weighted by molar-refractivity contribution is -0.135. The average Bonchev–Trinajstić information content (AvgIpc) is 3.02. The summed E-state index contributed by atoms with van der Waals surface area (Å²) in [4.78, 5) is 14.8. The topological polar surface area (TPSA) is 67.6 Å². The fourth-order valence-corrected chi connectivity index (χ4v) is 3.35. The number of nitrogens with one attached hydrogen (secondary N) is 1. The molecule has 2 fully saturated rings. The van der Waals surface area contributed by atoms with Crippen molar-refractivity contribution < 1.29 is 9.53 Å². The highest BCUT2D eigenvalue weighted by molar-refractivity contribution is 5.83. The Bertz CT molecular complexity index is 310. The van der Waals surface area contributed by atoms with Gasteiger partial charge in [0.2, 0.25) is 5.91 Å². The van der Waals surface area contributed by atoms with Gasteiger partial charge in [0.05, 0.1) is 5.41 Å². The fraction of sp³-hybridized carbons (Fsp3) is 0.933. The van der Waals surface area contributed by atoms with Crippen LogP contribution in [0.1, 0.15) is 38.5 Å². The second kappa shape index (κ2) is 7.38. The fourth-order valence-electron chi connectivity index (χ4n) is 3.35. The molecule has 0 aromatic rings. The van der Waals surface area contributed by atoms with Crippen molar-refractivity contribution in [2.75, 3.05) is 39.9 Å². The maximum absolute atomic E-state index is 12.4. The Kier molecular flexibility index (Phi) is 5.81. The molecule has 20 heavy (non-hydrogen) atoms. The highest BCUT2D eigenvalue weighted by atomic mass is 16.5. The maximum atomic E-state index is 12.4. The van der Waals surface area contributed by atoms with E-state index in [1.54, 1.807) is 0 Å². The van der Waals surface area contributed by atoms with E-state index in [1.165, 1.54) is 25.7 Å². The molecular formula is C15H29N3O2. The van der Waals surface area contributed by atoms with Crippen LogP contribution in [0.4, 0.5) is 0 Å². The van der Waals surface area contributed by atoms with Crippen LogP contribution in [0.25, 0.3) is 0 Å². The van der Waals surface area contributed by atoms with Gasteiger partial charge in [0.25, 0.3) is 0 Å². The lowest BCUT2D eigenvalue weighted by Crippen LogP contribution is -2.50. The van der Waals surface area contributed by atoms with E-state index in [0.717, 1.165) is 19.4 Å². The van der Waals surface area contributed by atoms with Crippen LogP contribution in [0.3, 0.4) is 0 Å². The first-order valence-corrected chi connectivity index (χ1v) is 7.94. The van der Waals surface area contributed by atoms with Gasteiger partial charge >= 0.3 is 0 Å². The van der Waals surface area contributed by atoms with Gasteiger partial charge in [-0.25, -0.2) is 0 Å². The SMILES string of the molecule is CN(CCNC(=O)C1(CN)CCOCC1)C1CCCC1. The van der Waals surface area contributed by atoms with Crippen LogP contribution in [-0.4, -0.2) is 56.7 Å². The number of carbonyl (C=O) groups excluding carboxylic acids is 1. The molecule has 1 saturated heterocycles. The molecule has 1 amide bonds. The molecule has 116 valence electrons. The Balaban J connectivity index is 1.73. The van der Waals surface area contributed by atoms with E-state index in [2.05, 4.69) is 17.3 Å². The number of nitrogens with zero attached hydrogens (tertiary/aromatic N) is 1. The Hall–Kier alpha value is -0.650. The van der Waals surface area contributed by atoms with Gasteiger partial charge < -0.3 is 20.7 Å². The predicted molar refractivity (Wildman–Crippen MR) is 79.4 cm³/mol. The van der Waals surface area contributed by atoms with Gasteiger partial charge in [-0.2, -0.15) is 0 Å². The second-order valence-corrected chi connectivity index (χ2v) is 6.27. The molecule has 3 N–H and O–H groups in total. The van der Waals surface area contributed by atoms with E-state index in [-0.39, 0.29) is 5.91 Å². The minimum atomic E-state index is -0.399. The van der Waals surface area contributed by atoms with Crippen molar-refractivity contribution in [3.05, 3.63) is 0 Å². The van der Waals surface area contributed by atoms with Crippen molar-refractivity contribution in [2.24, 2.45) is 11.1 Å². The Labute approximate surface area is 122 Å². The van der Waals surface area contributed by atoms with Crippen LogP contribution >= 0.6 is 0 Å². The minimum absolute atomic E-state index is 0.114. The van der Waals surface area contributed by atoms with Crippen LogP contribution < -0.4 is 11.1 Å². The molecule has 0 atom stereocenters. The summed E-state index contributed by atoms with van der Waals surface area (Å²) in [6.07, 6.45) is 6.78. The summed E-state index contributed by atoms with van der Waals surface area (Å²) < 4.78 is 5.34. The Morgan fingerprint density at radius 3 is 2.60 bits per heavy atom. The zero-order chi connectivity index (χ0) is 14.4. The molecule has 0 bridgehead atoms. The number of ether oxygens (including phenoxy) is 1. The molecule has 1 aliphatic carbocycles. The summed E-state index contributed by atoms with van der Waals surface area (Å²) in [6.45, 7) is 3.35. The lowest BCUT2D eigenvalue weighted by Gasteiger charge is -2.34. The van der Waals surface area contributed by atoms with Crippen molar-refractivity contribution in [1.82, 2.24) is 10.2 Å². The van der Waals surface area contributed by atoms with Gasteiger partial charge in [0, 0.05) is 38.9 Å². The quantitative estimate of drug-likeness (QED) is 0.754. The molecule has 5 heteroatoms. The van der Waals surface area contributed by atoms with Crippen LogP contribution in [0.2, 0.25) is 0 Å². The first kappa shape index (κ1) is 15.7. The predicted octanol–water partition coefficient (Wildman–Crippen LogP) is 0.733. The first-order valence-electron chi connectivity index (χ1n) is 7.94. The van der Waals surface area contributed by atoms with Crippen LogP contribution in [0.15, 0.2) is 0 Å². The van der Waals surface area contributed by atoms with Crippen molar-refractivity contribution in [2.45, 2.75) is 44.6 Å². The van der Waals surface area contributed by atoms with Gasteiger partial charge in [-0.05, 0) is 32.7 Å². The number of likely N-dealkylation sites (N-methyl/N-ethyl adjacent to an activating group) is 1. The first-order chi connectivity index (χ1) is 9.68. The maximum Gasteiger partial charge on any atom is 0.227 e. The standard InChI is InChI=1S/C15H29N3O2/c1-18(13-4-2-3-5-13)9-8-17-14(19)15(12-16)6-10-20-11-7-15/h13H,2-12,16H2,1H3,(H,17,19). The molecule has 0 aromatic heterocycles. The number of hydrogen-bond donors (Lipinski definition) is 2. The molecule has 1 heterocycles. The summed E-state index contributed by atoms with van der Waals surface area (Å²) in [5, 5.41) is 3.08. The average molecular weight is 283 g/mol. The van der Waals surface area contributed by atoms with Gasteiger partial charge in [0.15, 0.2) is 0 Å². The number of rotatable bonds is 6. The third kappa shape index (κ3) is 3.71. The van der Waals surface area contributed by atoms with Crippen molar-refractivity contribution in [3.8, 4) is 0 Å². The Morgan fingerprint density at radius 2 is 2.00 bits per heavy atom. The Morgan fingerprint density at radius 1 is 1.35 bits per heavy atom. The van der Waals surface area contributed by atoms with Gasteiger partial charge in [0.1, 0.15) is 0 Å². The normalized spacial score (nSPS) is 23.1. The molecule has 0 radical (unpaired) electrons. The molecule has 1 saturated carbocycles. The molecular weight excluding hydrogens is 254 g/mol. The van der Waals surface area contributed by atoms with Gasteiger partial charge in [-0.1, -0.05) is 12.8 Å². The number of carbonyl (C=O) groups is 1. The molecule has 5 nitrogen and oxygen atoms in total. The van der Waals surface area contributed by atoms with Crippen LogP contribution in [0, 0.1) is 5.41 Å². The lowest BCUT2D eigenvalue weighted by atomic mass is 9.79. The van der Waals surface area contributed by atoms with E-state index >= 15 is 0 Å². The number of hydrogen-bond acceptors (Lipinski definition) is 4. The second-order valence-electron chi connectivity index (χ2n) is 6.27. The van der Waals surface area contributed by atoms with Crippen molar-refractivity contribution >= 4 is 5.91 Å². The third-order valence-electron chi connectivity index (χ3n) is 5.02. The molecule has 0 spiro atoms. The summed E-state index contributed by atoms with van der Waals surface area (Å²) in [6, 6.07) is 0.707. The van der Waals surface area contributed by atoms with E-state index < -0.39 is 5.41 Å². The van der Waals surface area contributed by atoms with Gasteiger partial charge in [-0.3, -0.25) is 4.79 Å². The summed E-state index contributed by atoms with van der Waals surface area (Å²) in [7, 11) is 2.16. The summed E-state index contributed by atoms with van der Waals surface area (Å²) in [5.74, 6) is 0.114. The van der Waals surface area contributed by atoms with Crippen LogP contribution in [0.5, 0.6) is 0 Å². The molecule has 0 unspecified atom stereocenters. The molecule has 0 aromatic carbocycles. The van der Waals surface area contributed by atoms with E-state index in [4.69, 9.17) is 10.5 Å². The zero-order valence-electron chi connectivity index (χ0n) is 12.7. The summed E-state index contributed by atoms with van der Waals surface area (Å²) >= 11 is 0. The van der Waals surface area contributed by atoms with E-state index in [9.17, 15) is 4.79 Å². The monoisotopic (exact) mass is 283 g/mol. The molecule has 2 aliphatic rings. The minimum Gasteiger partial charge on any atom is -0.381 e. The van der Waals surface area contributed by atoms with Crippen LogP contribution in [-0.2, 0) is 9.53 Å². The van der Waals surface area contributed by atoms with Crippen molar-refractivity contribution in [3.63, 3.8) is 0 Å². The smallest absolute Gasteiger partial charge is 0.227 e. The summed E-state index contributed by atoms with van der Waals surface area (Å²) in [5.41, 5.74) is 5.44. The van der Waals surface area contributed by atoms with Gasteiger partial charge in [-0.15, -0.1) is 0 Å². The van der Waals surface area contributed by atoms with E-state index in [0.29, 0.717) is 32.3 Å². The van der Waals surface area contributed by atoms with Crippen molar-refractivity contribution in [1.29, 1.82) is 0 Å². The highest BCUT2D eigenvalue weighted by Gasteiger charge is 2.38. The largest absolute Gasteiger partial charge is 0.381 e. The zero-order valence-corrected chi connectivity index (χ0v) is 12.7. The highest BCUT2D eigenvalue weighted by Crippen LogP contribution is 2.29. The number of amides is 1. The molecule has 1 aliphatic heterocycles. The third-order valence-corrected chi connectivity index (χ3v) is 5.02. The van der Waals surface area contributed by atoms with E-state index in [1.807, 2.05) is 0 Å².